The second-order valence-electron chi connectivity index (χ2n) is 3.23. The maximum absolute atomic E-state index is 5.89. The number of halogens is 1. The Hall–Kier alpha value is -0.920. The molecule has 8 heteroatoms. The molecule has 2 aromatic rings. The van der Waals surface area contributed by atoms with Crippen LogP contribution in [0.4, 0.5) is 5.69 Å². The summed E-state index contributed by atoms with van der Waals surface area (Å²) in [7, 11) is 0. The molecular formula is C9H10ClN5S2. The highest BCUT2D eigenvalue weighted by Gasteiger charge is 2.12. The summed E-state index contributed by atoms with van der Waals surface area (Å²) in [6.07, 6.45) is 0.816. The molecule has 0 bridgehead atoms. The zero-order chi connectivity index (χ0) is 12.4. The van der Waals surface area contributed by atoms with Crippen LogP contribution in [-0.4, -0.2) is 19.3 Å². The molecule has 0 spiro atoms. The second-order valence-corrected chi connectivity index (χ2v) is 5.55. The van der Waals surface area contributed by atoms with Crippen molar-refractivity contribution in [1.29, 1.82) is 0 Å². The number of nitrogen functional groups attached to an aromatic ring is 1. The Bertz CT molecular complexity index is 542. The van der Waals surface area contributed by atoms with E-state index < -0.39 is 0 Å². The maximum Gasteiger partial charge on any atom is 0.223 e. The van der Waals surface area contributed by atoms with Crippen molar-refractivity contribution in [3.05, 3.63) is 16.8 Å². The molecule has 0 amide bonds. The summed E-state index contributed by atoms with van der Waals surface area (Å²) in [5.74, 6) is 0.827. The van der Waals surface area contributed by atoms with Gasteiger partial charge in [-0.25, -0.2) is 15.0 Å². The number of nitrogens with two attached hydrogens (primary N) is 1. The minimum absolute atomic E-state index is 0.194. The van der Waals surface area contributed by atoms with Crippen molar-refractivity contribution in [3.63, 3.8) is 0 Å². The van der Waals surface area contributed by atoms with Gasteiger partial charge in [0.2, 0.25) is 5.28 Å². The van der Waals surface area contributed by atoms with Gasteiger partial charge in [0.1, 0.15) is 10.9 Å². The third kappa shape index (κ3) is 2.85. The van der Waals surface area contributed by atoms with E-state index in [4.69, 9.17) is 17.3 Å². The predicted octanol–water partition coefficient (Wildman–Crippen LogP) is 2.59. The van der Waals surface area contributed by atoms with E-state index in [2.05, 4.69) is 19.3 Å². The summed E-state index contributed by atoms with van der Waals surface area (Å²) in [6.45, 7) is 3.81. The van der Waals surface area contributed by atoms with Gasteiger partial charge < -0.3 is 5.73 Å². The molecule has 17 heavy (non-hydrogen) atoms. The molecule has 0 aliphatic heterocycles. The van der Waals surface area contributed by atoms with Gasteiger partial charge in [0.05, 0.1) is 11.4 Å². The fraction of sp³-hybridized carbons (Fsp3) is 0.333. The van der Waals surface area contributed by atoms with Crippen LogP contribution in [0, 0.1) is 6.92 Å². The topological polar surface area (TPSA) is 77.6 Å². The molecule has 0 aliphatic rings. The van der Waals surface area contributed by atoms with Crippen molar-refractivity contribution >= 4 is 40.6 Å². The molecule has 0 aliphatic carbocycles. The second kappa shape index (κ2) is 5.16. The van der Waals surface area contributed by atoms with E-state index in [1.54, 1.807) is 6.92 Å². The van der Waals surface area contributed by atoms with Crippen LogP contribution in [-0.2, 0) is 6.42 Å². The SMILES string of the molecule is CCc1nsc(Sc2nc(Cl)nc(C)c2N)n1. The van der Waals surface area contributed by atoms with Crippen LogP contribution in [0.15, 0.2) is 9.37 Å². The first kappa shape index (κ1) is 12.5. The first-order valence-electron chi connectivity index (χ1n) is 4.90. The quantitative estimate of drug-likeness (QED) is 0.690. The van der Waals surface area contributed by atoms with Gasteiger partial charge in [0.15, 0.2) is 4.34 Å². The molecular weight excluding hydrogens is 278 g/mol. The highest BCUT2D eigenvalue weighted by atomic mass is 35.5. The normalized spacial score (nSPS) is 10.8. The summed E-state index contributed by atoms with van der Waals surface area (Å²) in [6, 6.07) is 0. The Balaban J connectivity index is 2.29. The van der Waals surface area contributed by atoms with Gasteiger partial charge in [0, 0.05) is 6.42 Å². The predicted molar refractivity (Wildman–Crippen MR) is 69.6 cm³/mol. The number of hydrogen-bond acceptors (Lipinski definition) is 7. The van der Waals surface area contributed by atoms with Crippen LogP contribution in [0.3, 0.4) is 0 Å². The minimum Gasteiger partial charge on any atom is -0.395 e. The third-order valence-electron chi connectivity index (χ3n) is 2.02. The van der Waals surface area contributed by atoms with Gasteiger partial charge in [-0.05, 0) is 41.8 Å². The highest BCUT2D eigenvalue weighted by Crippen LogP contribution is 2.33. The van der Waals surface area contributed by atoms with Gasteiger partial charge in [-0.1, -0.05) is 6.92 Å². The largest absolute Gasteiger partial charge is 0.395 e. The lowest BCUT2D eigenvalue weighted by molar-refractivity contribution is 0.968. The van der Waals surface area contributed by atoms with E-state index in [9.17, 15) is 0 Å². The molecule has 0 radical (unpaired) electrons. The summed E-state index contributed by atoms with van der Waals surface area (Å²) >= 11 is 8.49. The Kier molecular flexibility index (Phi) is 3.80. The molecule has 0 saturated heterocycles. The van der Waals surface area contributed by atoms with Gasteiger partial charge in [0.25, 0.3) is 0 Å². The van der Waals surface area contributed by atoms with Crippen molar-refractivity contribution in [2.45, 2.75) is 29.6 Å². The summed E-state index contributed by atoms with van der Waals surface area (Å²) in [5, 5.41) is 0.820. The fourth-order valence-corrected chi connectivity index (χ4v) is 3.07. The van der Waals surface area contributed by atoms with Crippen LogP contribution in [0.5, 0.6) is 0 Å². The molecule has 0 aromatic carbocycles. The van der Waals surface area contributed by atoms with E-state index in [-0.39, 0.29) is 5.28 Å². The Morgan fingerprint density at radius 2 is 2.12 bits per heavy atom. The van der Waals surface area contributed by atoms with Crippen LogP contribution in [0.25, 0.3) is 0 Å². The van der Waals surface area contributed by atoms with Crippen LogP contribution in [0.2, 0.25) is 5.28 Å². The van der Waals surface area contributed by atoms with Crippen molar-refractivity contribution in [2.75, 3.05) is 5.73 Å². The first-order chi connectivity index (χ1) is 8.10. The monoisotopic (exact) mass is 287 g/mol. The average Bonchev–Trinajstić information content (AvgIpc) is 2.73. The smallest absolute Gasteiger partial charge is 0.223 e. The van der Waals surface area contributed by atoms with E-state index in [0.717, 1.165) is 16.6 Å². The average molecular weight is 288 g/mol. The molecule has 2 rings (SSSR count). The minimum atomic E-state index is 0.194. The highest BCUT2D eigenvalue weighted by molar-refractivity contribution is 8.01. The number of anilines is 1. The van der Waals surface area contributed by atoms with Gasteiger partial charge >= 0.3 is 0 Å². The molecule has 0 fully saturated rings. The lowest BCUT2D eigenvalue weighted by Gasteiger charge is -2.04. The Morgan fingerprint density at radius 1 is 1.35 bits per heavy atom. The van der Waals surface area contributed by atoms with Crippen molar-refractivity contribution in [3.8, 4) is 0 Å². The van der Waals surface area contributed by atoms with Gasteiger partial charge in [-0.2, -0.15) is 4.37 Å². The van der Waals surface area contributed by atoms with E-state index in [1.165, 1.54) is 23.3 Å². The molecule has 0 saturated carbocycles. The summed E-state index contributed by atoms with van der Waals surface area (Å²) < 4.78 is 5.01. The number of nitrogens with zero attached hydrogens (tertiary/aromatic N) is 4. The number of aryl methyl sites for hydroxylation is 2. The Labute approximate surface area is 112 Å². The summed E-state index contributed by atoms with van der Waals surface area (Å²) in [5.41, 5.74) is 7.10. The van der Waals surface area contributed by atoms with Crippen LogP contribution in [0.1, 0.15) is 18.4 Å². The van der Waals surface area contributed by atoms with Crippen molar-refractivity contribution < 1.29 is 0 Å². The number of hydrogen-bond donors (Lipinski definition) is 1. The van der Waals surface area contributed by atoms with E-state index in [0.29, 0.717) is 16.4 Å². The molecule has 5 nitrogen and oxygen atoms in total. The molecule has 2 N–H and O–H groups in total. The lowest BCUT2D eigenvalue weighted by Crippen LogP contribution is -1.99. The maximum atomic E-state index is 5.89. The molecule has 2 aromatic heterocycles. The van der Waals surface area contributed by atoms with Gasteiger partial charge in [-0.3, -0.25) is 0 Å². The first-order valence-corrected chi connectivity index (χ1v) is 6.87. The van der Waals surface area contributed by atoms with E-state index in [1.807, 2.05) is 6.92 Å². The number of aromatic nitrogens is 4. The molecule has 2 heterocycles. The third-order valence-corrected chi connectivity index (χ3v) is 3.99. The van der Waals surface area contributed by atoms with Crippen molar-refractivity contribution in [1.82, 2.24) is 19.3 Å². The molecule has 0 unspecified atom stereocenters. The van der Waals surface area contributed by atoms with Crippen molar-refractivity contribution in [2.24, 2.45) is 0 Å². The number of rotatable bonds is 3. The van der Waals surface area contributed by atoms with Crippen LogP contribution >= 0.6 is 34.9 Å². The van der Waals surface area contributed by atoms with Crippen LogP contribution < -0.4 is 5.73 Å². The zero-order valence-electron chi connectivity index (χ0n) is 9.27. The molecule has 90 valence electrons. The fourth-order valence-electron chi connectivity index (χ4n) is 1.11. The summed E-state index contributed by atoms with van der Waals surface area (Å²) in [4.78, 5) is 12.4. The standard InChI is InChI=1S/C9H10ClN5S2/c1-3-5-13-9(17-15-5)16-7-6(11)4(2)12-8(10)14-7/h3,11H2,1-2H3. The van der Waals surface area contributed by atoms with Gasteiger partial charge in [-0.15, -0.1) is 0 Å². The zero-order valence-corrected chi connectivity index (χ0v) is 11.7. The molecule has 0 atom stereocenters. The Morgan fingerprint density at radius 3 is 2.76 bits per heavy atom. The van der Waals surface area contributed by atoms with E-state index >= 15 is 0 Å². The lowest BCUT2D eigenvalue weighted by atomic mass is 10.4.